The van der Waals surface area contributed by atoms with Gasteiger partial charge in [0.1, 0.15) is 13.2 Å². The number of quaternary nitrogens is 1. The van der Waals surface area contributed by atoms with Crippen molar-refractivity contribution in [2.75, 3.05) is 40.9 Å². The van der Waals surface area contributed by atoms with Crippen LogP contribution in [-0.2, 0) is 18.4 Å². The Kier molecular flexibility index (Phi) is 42.0. The topological polar surface area (TPSA) is 105 Å². The maximum absolute atomic E-state index is 12.8. The van der Waals surface area contributed by atoms with E-state index in [-0.39, 0.29) is 19.1 Å². The molecule has 352 valence electrons. The van der Waals surface area contributed by atoms with E-state index in [4.69, 9.17) is 9.05 Å². The Labute approximate surface area is 367 Å². The molecule has 3 atom stereocenters. The van der Waals surface area contributed by atoms with E-state index in [9.17, 15) is 19.4 Å². The molecule has 0 radical (unpaired) electrons. The van der Waals surface area contributed by atoms with Gasteiger partial charge in [0.15, 0.2) is 0 Å². The van der Waals surface area contributed by atoms with Gasteiger partial charge in [0.25, 0.3) is 0 Å². The smallest absolute Gasteiger partial charge is 0.387 e. The molecule has 0 spiro atoms. The van der Waals surface area contributed by atoms with Gasteiger partial charge in [-0.25, -0.2) is 4.57 Å². The van der Waals surface area contributed by atoms with Crippen LogP contribution in [0.25, 0.3) is 0 Å². The van der Waals surface area contributed by atoms with Gasteiger partial charge in [-0.15, -0.1) is 0 Å². The fourth-order valence-corrected chi connectivity index (χ4v) is 8.43. The van der Waals surface area contributed by atoms with Gasteiger partial charge in [-0.05, 0) is 19.3 Å². The SMILES string of the molecule is CCCCCC/C=C/C(O)C(COP(=O)(O)OCC[N+](C)(C)C)NC(=O)CCCCCCCCCCCCCCCCCCCCCCCCCCCCCCCCC. The quantitative estimate of drug-likeness (QED) is 0.0244. The summed E-state index contributed by atoms with van der Waals surface area (Å²) in [6, 6.07) is -0.838. The van der Waals surface area contributed by atoms with E-state index < -0.39 is 20.0 Å². The van der Waals surface area contributed by atoms with Gasteiger partial charge < -0.3 is 19.8 Å². The van der Waals surface area contributed by atoms with Crippen LogP contribution in [0.5, 0.6) is 0 Å². The zero-order valence-corrected chi connectivity index (χ0v) is 40.9. The second-order valence-corrected chi connectivity index (χ2v) is 20.4. The van der Waals surface area contributed by atoms with Crippen molar-refractivity contribution in [2.24, 2.45) is 0 Å². The van der Waals surface area contributed by atoms with Crippen LogP contribution >= 0.6 is 7.82 Å². The Morgan fingerprint density at radius 3 is 1.25 bits per heavy atom. The maximum atomic E-state index is 12.8. The molecular weight excluding hydrogens is 756 g/mol. The largest absolute Gasteiger partial charge is 0.472 e. The first-order chi connectivity index (χ1) is 28.5. The Balaban J connectivity index is 3.81. The normalized spacial score (nSPS) is 14.2. The molecule has 0 bridgehead atoms. The standard InChI is InChI=1S/C50H101N2O6P/c1-6-8-10-12-14-15-16-17-18-19-20-21-22-23-24-25-26-27-28-29-30-31-32-33-34-35-36-37-38-40-42-44-50(54)51-48(49(53)43-41-39-13-11-9-7-2)47-58-59(55,56)57-46-45-52(3,4)5/h41,43,48-49,53H,6-40,42,44-47H2,1-5H3,(H-,51,54,55,56)/p+1/b43-41+. The lowest BCUT2D eigenvalue weighted by atomic mass is 10.0. The summed E-state index contributed by atoms with van der Waals surface area (Å²) in [5.74, 6) is -0.178. The zero-order valence-electron chi connectivity index (χ0n) is 40.0. The minimum Gasteiger partial charge on any atom is -0.387 e. The van der Waals surface area contributed by atoms with Crippen LogP contribution in [0.15, 0.2) is 12.2 Å². The van der Waals surface area contributed by atoms with Crippen molar-refractivity contribution in [3.63, 3.8) is 0 Å². The number of amides is 1. The summed E-state index contributed by atoms with van der Waals surface area (Å²) in [5.41, 5.74) is 0. The molecule has 0 aromatic heterocycles. The Hall–Kier alpha value is -0.760. The second kappa shape index (κ2) is 42.5. The summed E-state index contributed by atoms with van der Waals surface area (Å²) < 4.78 is 23.4. The number of carbonyl (C=O) groups is 1. The van der Waals surface area contributed by atoms with Crippen LogP contribution in [0.1, 0.15) is 251 Å². The monoisotopic (exact) mass is 858 g/mol. The number of hydrogen-bond acceptors (Lipinski definition) is 5. The Bertz CT molecular complexity index is 974. The number of nitrogens with one attached hydrogen (secondary N) is 1. The van der Waals surface area contributed by atoms with Crippen molar-refractivity contribution in [1.82, 2.24) is 5.32 Å². The summed E-state index contributed by atoms with van der Waals surface area (Å²) in [5, 5.41) is 13.7. The third-order valence-corrected chi connectivity index (χ3v) is 12.7. The predicted molar refractivity (Wildman–Crippen MR) is 254 cm³/mol. The molecule has 9 heteroatoms. The average molecular weight is 858 g/mol. The Morgan fingerprint density at radius 2 is 0.898 bits per heavy atom. The van der Waals surface area contributed by atoms with E-state index in [2.05, 4.69) is 19.2 Å². The van der Waals surface area contributed by atoms with E-state index in [1.54, 1.807) is 6.08 Å². The molecule has 0 saturated carbocycles. The number of hydrogen-bond donors (Lipinski definition) is 3. The molecular formula is C50H102N2O6P+. The summed E-state index contributed by atoms with van der Waals surface area (Å²) in [6.45, 7) is 4.76. The van der Waals surface area contributed by atoms with Gasteiger partial charge >= 0.3 is 7.82 Å². The predicted octanol–water partition coefficient (Wildman–Crippen LogP) is 14.7. The molecule has 0 heterocycles. The Morgan fingerprint density at radius 1 is 0.559 bits per heavy atom. The van der Waals surface area contributed by atoms with Crippen molar-refractivity contribution < 1.29 is 32.9 Å². The number of phosphoric acid groups is 1. The summed E-state index contributed by atoms with van der Waals surface area (Å²) in [6.07, 6.45) is 50.7. The van der Waals surface area contributed by atoms with E-state index in [0.29, 0.717) is 17.4 Å². The number of unbranched alkanes of at least 4 members (excludes halogenated alkanes) is 34. The van der Waals surface area contributed by atoms with E-state index >= 15 is 0 Å². The maximum Gasteiger partial charge on any atom is 0.472 e. The molecule has 0 saturated heterocycles. The van der Waals surface area contributed by atoms with E-state index in [1.807, 2.05) is 27.2 Å². The summed E-state index contributed by atoms with van der Waals surface area (Å²) in [7, 11) is 1.58. The van der Waals surface area contributed by atoms with Gasteiger partial charge in [-0.2, -0.15) is 0 Å². The van der Waals surface area contributed by atoms with Crippen LogP contribution < -0.4 is 5.32 Å². The van der Waals surface area contributed by atoms with Gasteiger partial charge in [0.05, 0.1) is 39.9 Å². The highest BCUT2D eigenvalue weighted by molar-refractivity contribution is 7.47. The molecule has 0 aromatic rings. The number of aliphatic hydroxyl groups excluding tert-OH is 1. The lowest BCUT2D eigenvalue weighted by molar-refractivity contribution is -0.870. The average Bonchev–Trinajstić information content (AvgIpc) is 3.19. The molecule has 3 N–H and O–H groups in total. The lowest BCUT2D eigenvalue weighted by Gasteiger charge is -2.25. The molecule has 0 aromatic carbocycles. The van der Waals surface area contributed by atoms with Crippen LogP contribution in [-0.4, -0.2) is 73.4 Å². The summed E-state index contributed by atoms with van der Waals surface area (Å²) in [4.78, 5) is 23.0. The van der Waals surface area contributed by atoms with Crippen molar-refractivity contribution in [3.8, 4) is 0 Å². The van der Waals surface area contributed by atoms with Crippen molar-refractivity contribution >= 4 is 13.7 Å². The highest BCUT2D eigenvalue weighted by Crippen LogP contribution is 2.43. The van der Waals surface area contributed by atoms with Crippen molar-refractivity contribution in [2.45, 2.75) is 264 Å². The number of rotatable bonds is 47. The molecule has 8 nitrogen and oxygen atoms in total. The minimum absolute atomic E-state index is 0.0637. The zero-order chi connectivity index (χ0) is 43.6. The number of phosphoric ester groups is 1. The lowest BCUT2D eigenvalue weighted by Crippen LogP contribution is -2.45. The van der Waals surface area contributed by atoms with Crippen molar-refractivity contribution in [3.05, 3.63) is 12.2 Å². The van der Waals surface area contributed by atoms with Crippen molar-refractivity contribution in [1.29, 1.82) is 0 Å². The van der Waals surface area contributed by atoms with Crippen LogP contribution in [0.3, 0.4) is 0 Å². The first-order valence-corrected chi connectivity index (χ1v) is 27.1. The summed E-state index contributed by atoms with van der Waals surface area (Å²) >= 11 is 0. The number of carbonyl (C=O) groups excluding carboxylic acids is 1. The number of aliphatic hydroxyl groups is 1. The third-order valence-electron chi connectivity index (χ3n) is 11.8. The van der Waals surface area contributed by atoms with Gasteiger partial charge in [-0.3, -0.25) is 13.8 Å². The minimum atomic E-state index is -4.32. The number of nitrogens with zero attached hydrogens (tertiary/aromatic N) is 1. The third kappa shape index (κ3) is 45.1. The van der Waals surface area contributed by atoms with E-state index in [0.717, 1.165) is 44.9 Å². The highest BCUT2D eigenvalue weighted by atomic mass is 31.2. The van der Waals surface area contributed by atoms with Crippen LogP contribution in [0.4, 0.5) is 0 Å². The molecule has 0 aliphatic heterocycles. The van der Waals surface area contributed by atoms with Crippen LogP contribution in [0, 0.1) is 0 Å². The molecule has 0 aliphatic carbocycles. The van der Waals surface area contributed by atoms with Gasteiger partial charge in [-0.1, -0.05) is 238 Å². The fourth-order valence-electron chi connectivity index (χ4n) is 7.69. The molecule has 0 aliphatic rings. The first-order valence-electron chi connectivity index (χ1n) is 25.6. The molecule has 1 amide bonds. The number of likely N-dealkylation sites (N-methyl/N-ethyl adjacent to an activating group) is 1. The molecule has 0 fully saturated rings. The molecule has 59 heavy (non-hydrogen) atoms. The van der Waals surface area contributed by atoms with Gasteiger partial charge in [0.2, 0.25) is 5.91 Å². The second-order valence-electron chi connectivity index (χ2n) is 18.9. The molecule has 0 rings (SSSR count). The number of allylic oxidation sites excluding steroid dienone is 1. The molecule has 3 unspecified atom stereocenters. The highest BCUT2D eigenvalue weighted by Gasteiger charge is 2.27. The van der Waals surface area contributed by atoms with E-state index in [1.165, 1.54) is 186 Å². The first kappa shape index (κ1) is 58.2. The fraction of sp³-hybridized carbons (Fsp3) is 0.940. The van der Waals surface area contributed by atoms with Gasteiger partial charge in [0, 0.05) is 6.42 Å². The van der Waals surface area contributed by atoms with Crippen LogP contribution in [0.2, 0.25) is 0 Å².